The molecule has 0 saturated heterocycles. The molecule has 2 aromatic rings. The van der Waals surface area contributed by atoms with Gasteiger partial charge in [0.25, 0.3) is 11.8 Å². The van der Waals surface area contributed by atoms with Crippen molar-refractivity contribution in [3.63, 3.8) is 0 Å². The third-order valence-corrected chi connectivity index (χ3v) is 6.05. The lowest BCUT2D eigenvalue weighted by Gasteiger charge is -2.34. The van der Waals surface area contributed by atoms with E-state index in [0.29, 0.717) is 35.7 Å². The molecule has 2 aromatic carbocycles. The Morgan fingerprint density at radius 1 is 1.09 bits per heavy atom. The van der Waals surface area contributed by atoms with E-state index in [9.17, 15) is 9.59 Å². The fourth-order valence-corrected chi connectivity index (χ4v) is 3.83. The zero-order valence-electron chi connectivity index (χ0n) is 19.5. The second-order valence-corrected chi connectivity index (χ2v) is 8.57. The van der Waals surface area contributed by atoms with Gasteiger partial charge in [0.2, 0.25) is 0 Å². The van der Waals surface area contributed by atoms with Crippen molar-refractivity contribution in [2.45, 2.75) is 26.0 Å². The SMILES string of the molecule is CO[C@H]1CN(C)C(=O)c2cc(NC(=O)c3ccccc3)ccc2OC[C@@H](C)N(C)C[C@@H]1C. The van der Waals surface area contributed by atoms with E-state index in [1.165, 1.54) is 0 Å². The van der Waals surface area contributed by atoms with E-state index in [1.807, 2.05) is 18.2 Å². The van der Waals surface area contributed by atoms with Gasteiger partial charge < -0.3 is 19.7 Å². The van der Waals surface area contributed by atoms with Gasteiger partial charge in [0.05, 0.1) is 11.7 Å². The first-order chi connectivity index (χ1) is 15.3. The number of benzene rings is 2. The zero-order valence-corrected chi connectivity index (χ0v) is 19.5. The predicted octanol–water partition coefficient (Wildman–Crippen LogP) is 3.37. The van der Waals surface area contributed by atoms with E-state index in [2.05, 4.69) is 31.1 Å². The summed E-state index contributed by atoms with van der Waals surface area (Å²) in [6.45, 7) is 5.97. The standard InChI is InChI=1S/C25H33N3O4/c1-17-14-27(3)18(2)16-32-22-12-11-20(26-24(29)19-9-7-6-8-10-19)13-21(22)25(30)28(4)15-23(17)31-5/h6-13,17-18,23H,14-16H2,1-5H3,(H,26,29)/t17-,18+,23-/m0/s1. The Labute approximate surface area is 190 Å². The molecule has 1 aliphatic rings. The van der Waals surface area contributed by atoms with Gasteiger partial charge >= 0.3 is 0 Å². The summed E-state index contributed by atoms with van der Waals surface area (Å²) < 4.78 is 11.8. The summed E-state index contributed by atoms with van der Waals surface area (Å²) in [6, 6.07) is 14.3. The molecular formula is C25H33N3O4. The molecule has 7 heteroatoms. The fourth-order valence-electron chi connectivity index (χ4n) is 3.83. The summed E-state index contributed by atoms with van der Waals surface area (Å²) in [6.07, 6.45) is -0.0941. The van der Waals surface area contributed by atoms with Gasteiger partial charge in [-0.25, -0.2) is 0 Å². The molecule has 0 spiro atoms. The van der Waals surface area contributed by atoms with E-state index in [0.717, 1.165) is 6.54 Å². The lowest BCUT2D eigenvalue weighted by molar-refractivity contribution is 0.0150. The number of hydrogen-bond acceptors (Lipinski definition) is 5. The largest absolute Gasteiger partial charge is 0.491 e. The number of carbonyl (C=O) groups excluding carboxylic acids is 2. The molecule has 1 heterocycles. The van der Waals surface area contributed by atoms with E-state index in [4.69, 9.17) is 9.47 Å². The predicted molar refractivity (Wildman–Crippen MR) is 125 cm³/mol. The second-order valence-electron chi connectivity index (χ2n) is 8.57. The Hall–Kier alpha value is -2.90. The van der Waals surface area contributed by atoms with Gasteiger partial charge in [-0.3, -0.25) is 14.5 Å². The number of carbonyl (C=O) groups is 2. The van der Waals surface area contributed by atoms with Gasteiger partial charge in [0, 0.05) is 44.5 Å². The Morgan fingerprint density at radius 3 is 2.50 bits per heavy atom. The molecule has 172 valence electrons. The lowest BCUT2D eigenvalue weighted by Crippen LogP contribution is -2.45. The summed E-state index contributed by atoms with van der Waals surface area (Å²) >= 11 is 0. The normalized spacial score (nSPS) is 22.8. The molecule has 3 rings (SSSR count). The molecule has 1 aliphatic heterocycles. The topological polar surface area (TPSA) is 71.1 Å². The van der Waals surface area contributed by atoms with Gasteiger partial charge in [-0.1, -0.05) is 25.1 Å². The minimum Gasteiger partial charge on any atom is -0.491 e. The molecule has 0 bridgehead atoms. The first-order valence-corrected chi connectivity index (χ1v) is 10.9. The highest BCUT2D eigenvalue weighted by atomic mass is 16.5. The van der Waals surface area contributed by atoms with Crippen LogP contribution in [0.3, 0.4) is 0 Å². The molecule has 1 N–H and O–H groups in total. The maximum Gasteiger partial charge on any atom is 0.257 e. The van der Waals surface area contributed by atoms with Crippen LogP contribution >= 0.6 is 0 Å². The number of fused-ring (bicyclic) bond motifs is 1. The average molecular weight is 440 g/mol. The van der Waals surface area contributed by atoms with Gasteiger partial charge in [-0.15, -0.1) is 0 Å². The first-order valence-electron chi connectivity index (χ1n) is 10.9. The number of methoxy groups -OCH3 is 1. The molecule has 0 unspecified atom stereocenters. The minimum absolute atomic E-state index is 0.0941. The van der Waals surface area contributed by atoms with Crippen molar-refractivity contribution in [1.82, 2.24) is 9.80 Å². The Balaban J connectivity index is 1.91. The van der Waals surface area contributed by atoms with Crippen molar-refractivity contribution in [2.24, 2.45) is 5.92 Å². The van der Waals surface area contributed by atoms with Crippen molar-refractivity contribution in [2.75, 3.05) is 46.2 Å². The molecule has 0 fully saturated rings. The van der Waals surface area contributed by atoms with Crippen LogP contribution in [0, 0.1) is 5.92 Å². The molecule has 0 aromatic heterocycles. The maximum atomic E-state index is 13.3. The van der Waals surface area contributed by atoms with Crippen molar-refractivity contribution in [3.8, 4) is 5.75 Å². The molecule has 2 amide bonds. The maximum absolute atomic E-state index is 13.3. The fraction of sp³-hybridized carbons (Fsp3) is 0.440. The summed E-state index contributed by atoms with van der Waals surface area (Å²) in [5.74, 6) is 0.330. The van der Waals surface area contributed by atoms with Crippen LogP contribution in [0.5, 0.6) is 5.75 Å². The highest BCUT2D eigenvalue weighted by molar-refractivity contribution is 6.05. The third kappa shape index (κ3) is 5.66. The summed E-state index contributed by atoms with van der Waals surface area (Å²) in [5.41, 5.74) is 1.50. The van der Waals surface area contributed by atoms with E-state index >= 15 is 0 Å². The van der Waals surface area contributed by atoms with Crippen LogP contribution in [-0.2, 0) is 4.74 Å². The number of rotatable bonds is 3. The smallest absolute Gasteiger partial charge is 0.257 e. The van der Waals surface area contributed by atoms with Crippen LogP contribution in [-0.4, -0.2) is 74.7 Å². The first kappa shape index (κ1) is 23.8. The zero-order chi connectivity index (χ0) is 23.3. The number of likely N-dealkylation sites (N-methyl/N-ethyl adjacent to an activating group) is 2. The van der Waals surface area contributed by atoms with Crippen LogP contribution in [0.15, 0.2) is 48.5 Å². The van der Waals surface area contributed by atoms with E-state index in [1.54, 1.807) is 49.4 Å². The van der Waals surface area contributed by atoms with Crippen molar-refractivity contribution < 1.29 is 19.1 Å². The van der Waals surface area contributed by atoms with Gasteiger partial charge in [-0.2, -0.15) is 0 Å². The van der Waals surface area contributed by atoms with Crippen molar-refractivity contribution >= 4 is 17.5 Å². The molecule has 3 atom stereocenters. The van der Waals surface area contributed by atoms with Gasteiger partial charge in [-0.05, 0) is 50.2 Å². The highest BCUT2D eigenvalue weighted by Crippen LogP contribution is 2.26. The van der Waals surface area contributed by atoms with Gasteiger partial charge in [0.15, 0.2) is 0 Å². The van der Waals surface area contributed by atoms with E-state index in [-0.39, 0.29) is 29.9 Å². The number of ether oxygens (including phenoxy) is 2. The third-order valence-electron chi connectivity index (χ3n) is 6.05. The summed E-state index contributed by atoms with van der Waals surface area (Å²) in [7, 11) is 5.52. The van der Waals surface area contributed by atoms with E-state index < -0.39 is 0 Å². The Kier molecular flexibility index (Phi) is 7.88. The molecule has 0 radical (unpaired) electrons. The number of anilines is 1. The molecule has 0 aliphatic carbocycles. The monoisotopic (exact) mass is 439 g/mol. The number of amides is 2. The summed E-state index contributed by atoms with van der Waals surface area (Å²) in [4.78, 5) is 29.8. The van der Waals surface area contributed by atoms with Crippen molar-refractivity contribution in [3.05, 3.63) is 59.7 Å². The second kappa shape index (κ2) is 10.6. The lowest BCUT2D eigenvalue weighted by atomic mass is 10.0. The summed E-state index contributed by atoms with van der Waals surface area (Å²) in [5, 5.41) is 2.87. The average Bonchev–Trinajstić information content (AvgIpc) is 2.80. The van der Waals surface area contributed by atoms with Gasteiger partial charge in [0.1, 0.15) is 12.4 Å². The van der Waals surface area contributed by atoms with Crippen LogP contribution in [0.2, 0.25) is 0 Å². The molecular weight excluding hydrogens is 406 g/mol. The number of nitrogens with one attached hydrogen (secondary N) is 1. The van der Waals surface area contributed by atoms with Crippen LogP contribution in [0.4, 0.5) is 5.69 Å². The number of nitrogens with zero attached hydrogens (tertiary/aromatic N) is 2. The van der Waals surface area contributed by atoms with Crippen LogP contribution in [0.25, 0.3) is 0 Å². The number of hydrogen-bond donors (Lipinski definition) is 1. The molecule has 0 saturated carbocycles. The Morgan fingerprint density at radius 2 is 1.81 bits per heavy atom. The van der Waals surface area contributed by atoms with Crippen molar-refractivity contribution in [1.29, 1.82) is 0 Å². The Bertz CT molecular complexity index is 934. The van der Waals surface area contributed by atoms with Crippen LogP contribution in [0.1, 0.15) is 34.6 Å². The highest BCUT2D eigenvalue weighted by Gasteiger charge is 2.27. The quantitative estimate of drug-likeness (QED) is 0.794. The van der Waals surface area contributed by atoms with Crippen LogP contribution < -0.4 is 10.1 Å². The molecule has 7 nitrogen and oxygen atoms in total. The minimum atomic E-state index is -0.232. The molecule has 32 heavy (non-hydrogen) atoms.